The molecule has 1 aromatic heterocycles. The van der Waals surface area contributed by atoms with Gasteiger partial charge in [0.15, 0.2) is 0 Å². The molecule has 1 fully saturated rings. The Kier molecular flexibility index (Phi) is 5.84. The predicted octanol–water partition coefficient (Wildman–Crippen LogP) is 3.48. The van der Waals surface area contributed by atoms with Crippen molar-refractivity contribution in [2.45, 2.75) is 18.8 Å². The van der Waals surface area contributed by atoms with E-state index in [0.29, 0.717) is 24.8 Å². The molecule has 0 saturated carbocycles. The van der Waals surface area contributed by atoms with Gasteiger partial charge in [0.1, 0.15) is 0 Å². The summed E-state index contributed by atoms with van der Waals surface area (Å²) in [5.41, 5.74) is 9.39. The molecular weight excluding hydrogens is 366 g/mol. The Labute approximate surface area is 170 Å². The Morgan fingerprint density at radius 1 is 1.07 bits per heavy atom. The first-order valence-corrected chi connectivity index (χ1v) is 10.6. The number of rotatable bonds is 6. The number of hydrogen-bond acceptors (Lipinski definition) is 4. The second kappa shape index (κ2) is 8.67. The quantitative estimate of drug-likeness (QED) is 0.700. The highest BCUT2D eigenvalue weighted by molar-refractivity contribution is 7.09. The second-order valence-electron chi connectivity index (χ2n) is 7.38. The number of amides is 1. The second-order valence-corrected chi connectivity index (χ2v) is 8.33. The van der Waals surface area contributed by atoms with Crippen LogP contribution in [0.5, 0.6) is 0 Å². The van der Waals surface area contributed by atoms with Gasteiger partial charge in [0.2, 0.25) is 5.91 Å². The number of carbonyl (C=O) groups is 1. The van der Waals surface area contributed by atoms with Crippen LogP contribution < -0.4 is 5.73 Å². The maximum atomic E-state index is 12.9. The standard InChI is InChI=1S/C23H25N3OS/c24-13-19-14-26(15-21(19)18-9-5-2-6-10-18)23(27)12-20-16-28-22(25-20)11-17-7-3-1-4-8-17/h1-10,16,19,21H,11-15,24H2/t19-,21+/m1/s1. The van der Waals surface area contributed by atoms with E-state index in [1.54, 1.807) is 11.3 Å². The number of nitrogens with two attached hydrogens (primary N) is 1. The summed E-state index contributed by atoms with van der Waals surface area (Å²) in [4.78, 5) is 19.5. The third-order valence-corrected chi connectivity index (χ3v) is 6.35. The van der Waals surface area contributed by atoms with Crippen LogP contribution in [-0.2, 0) is 17.6 Å². The average molecular weight is 392 g/mol. The van der Waals surface area contributed by atoms with Crippen LogP contribution in [0.4, 0.5) is 0 Å². The number of benzene rings is 2. The van der Waals surface area contributed by atoms with E-state index in [-0.39, 0.29) is 5.91 Å². The van der Waals surface area contributed by atoms with Gasteiger partial charge < -0.3 is 10.6 Å². The topological polar surface area (TPSA) is 59.2 Å². The molecule has 1 saturated heterocycles. The molecule has 2 atom stereocenters. The third-order valence-electron chi connectivity index (χ3n) is 5.45. The lowest BCUT2D eigenvalue weighted by Crippen LogP contribution is -2.31. The zero-order valence-corrected chi connectivity index (χ0v) is 16.6. The van der Waals surface area contributed by atoms with Crippen LogP contribution in [0.3, 0.4) is 0 Å². The van der Waals surface area contributed by atoms with Crippen LogP contribution in [0, 0.1) is 5.92 Å². The molecule has 4 rings (SSSR count). The highest BCUT2D eigenvalue weighted by Crippen LogP contribution is 2.32. The normalized spacial score (nSPS) is 19.1. The molecule has 0 aliphatic carbocycles. The zero-order valence-electron chi connectivity index (χ0n) is 15.8. The SMILES string of the molecule is NC[C@@H]1CN(C(=O)Cc2csc(Cc3ccccc3)n2)C[C@H]1c1ccccc1. The van der Waals surface area contributed by atoms with E-state index in [1.165, 1.54) is 11.1 Å². The van der Waals surface area contributed by atoms with Crippen LogP contribution in [0.25, 0.3) is 0 Å². The molecule has 1 amide bonds. The van der Waals surface area contributed by atoms with E-state index < -0.39 is 0 Å². The Morgan fingerprint density at radius 3 is 2.50 bits per heavy atom. The molecule has 1 aliphatic heterocycles. The molecule has 4 nitrogen and oxygen atoms in total. The van der Waals surface area contributed by atoms with Gasteiger partial charge in [-0.05, 0) is 23.6 Å². The summed E-state index contributed by atoms with van der Waals surface area (Å²) >= 11 is 1.63. The fourth-order valence-electron chi connectivity index (χ4n) is 3.94. The van der Waals surface area contributed by atoms with Crippen LogP contribution in [0.2, 0.25) is 0 Å². The van der Waals surface area contributed by atoms with Gasteiger partial charge in [-0.2, -0.15) is 0 Å². The molecule has 2 aromatic carbocycles. The van der Waals surface area contributed by atoms with Crippen molar-refractivity contribution >= 4 is 17.2 Å². The summed E-state index contributed by atoms with van der Waals surface area (Å²) < 4.78 is 0. The lowest BCUT2D eigenvalue weighted by molar-refractivity contribution is -0.129. The molecule has 0 unspecified atom stereocenters. The largest absolute Gasteiger partial charge is 0.341 e. The van der Waals surface area contributed by atoms with Crippen molar-refractivity contribution in [2.24, 2.45) is 11.7 Å². The van der Waals surface area contributed by atoms with Gasteiger partial charge in [0.25, 0.3) is 0 Å². The van der Waals surface area contributed by atoms with Crippen molar-refractivity contribution in [1.82, 2.24) is 9.88 Å². The summed E-state index contributed by atoms with van der Waals surface area (Å²) in [6.45, 7) is 2.07. The molecule has 0 radical (unpaired) electrons. The highest BCUT2D eigenvalue weighted by atomic mass is 32.1. The minimum atomic E-state index is 0.147. The molecule has 2 heterocycles. The van der Waals surface area contributed by atoms with Crippen molar-refractivity contribution in [3.63, 3.8) is 0 Å². The predicted molar refractivity (Wildman–Crippen MR) is 113 cm³/mol. The fourth-order valence-corrected chi connectivity index (χ4v) is 4.77. The molecule has 0 bridgehead atoms. The first kappa shape index (κ1) is 18.8. The van der Waals surface area contributed by atoms with Crippen molar-refractivity contribution in [3.05, 3.63) is 87.9 Å². The van der Waals surface area contributed by atoms with Gasteiger partial charge in [-0.15, -0.1) is 11.3 Å². The lowest BCUT2D eigenvalue weighted by Gasteiger charge is -2.16. The Hall–Kier alpha value is -2.50. The molecule has 5 heteroatoms. The molecule has 3 aromatic rings. The molecule has 1 aliphatic rings. The Bertz CT molecular complexity index is 910. The fraction of sp³-hybridized carbons (Fsp3) is 0.304. The van der Waals surface area contributed by atoms with Crippen LogP contribution in [-0.4, -0.2) is 35.4 Å². The number of nitrogens with zero attached hydrogens (tertiary/aromatic N) is 2. The number of thiazole rings is 1. The van der Waals surface area contributed by atoms with Gasteiger partial charge in [0, 0.05) is 30.8 Å². The molecule has 2 N–H and O–H groups in total. The van der Waals surface area contributed by atoms with E-state index in [1.807, 2.05) is 34.5 Å². The van der Waals surface area contributed by atoms with E-state index in [0.717, 1.165) is 30.2 Å². The monoisotopic (exact) mass is 391 g/mol. The Morgan fingerprint density at radius 2 is 1.79 bits per heavy atom. The summed E-state index contributed by atoms with van der Waals surface area (Å²) in [5, 5.41) is 3.07. The number of carbonyl (C=O) groups excluding carboxylic acids is 1. The van der Waals surface area contributed by atoms with Gasteiger partial charge in [-0.25, -0.2) is 4.98 Å². The van der Waals surface area contributed by atoms with E-state index in [2.05, 4.69) is 41.4 Å². The summed E-state index contributed by atoms with van der Waals surface area (Å²) in [6, 6.07) is 20.7. The van der Waals surface area contributed by atoms with E-state index in [9.17, 15) is 4.79 Å². The lowest BCUT2D eigenvalue weighted by atomic mass is 9.89. The first-order valence-electron chi connectivity index (χ1n) is 9.73. The average Bonchev–Trinajstić information content (AvgIpc) is 3.36. The first-order chi connectivity index (χ1) is 13.7. The summed E-state index contributed by atoms with van der Waals surface area (Å²) in [5.74, 6) is 0.781. The van der Waals surface area contributed by atoms with Gasteiger partial charge in [-0.3, -0.25) is 4.79 Å². The number of likely N-dealkylation sites (tertiary alicyclic amines) is 1. The van der Waals surface area contributed by atoms with E-state index in [4.69, 9.17) is 5.73 Å². The third kappa shape index (κ3) is 4.32. The smallest absolute Gasteiger partial charge is 0.228 e. The van der Waals surface area contributed by atoms with Crippen molar-refractivity contribution < 1.29 is 4.79 Å². The maximum absolute atomic E-state index is 12.9. The molecule has 0 spiro atoms. The minimum absolute atomic E-state index is 0.147. The zero-order chi connectivity index (χ0) is 19.3. The minimum Gasteiger partial charge on any atom is -0.341 e. The van der Waals surface area contributed by atoms with Crippen molar-refractivity contribution in [3.8, 4) is 0 Å². The Balaban J connectivity index is 1.39. The van der Waals surface area contributed by atoms with Gasteiger partial charge in [-0.1, -0.05) is 60.7 Å². The summed E-state index contributed by atoms with van der Waals surface area (Å²) in [6.07, 6.45) is 1.18. The molecular formula is C23H25N3OS. The number of hydrogen-bond donors (Lipinski definition) is 1. The summed E-state index contributed by atoms with van der Waals surface area (Å²) in [7, 11) is 0. The van der Waals surface area contributed by atoms with Gasteiger partial charge in [0.05, 0.1) is 17.1 Å². The molecule has 28 heavy (non-hydrogen) atoms. The van der Waals surface area contributed by atoms with Crippen molar-refractivity contribution in [2.75, 3.05) is 19.6 Å². The van der Waals surface area contributed by atoms with Gasteiger partial charge >= 0.3 is 0 Å². The van der Waals surface area contributed by atoms with Crippen molar-refractivity contribution in [1.29, 1.82) is 0 Å². The number of aromatic nitrogens is 1. The van der Waals surface area contributed by atoms with E-state index >= 15 is 0 Å². The van der Waals surface area contributed by atoms with Crippen LogP contribution in [0.15, 0.2) is 66.0 Å². The van der Waals surface area contributed by atoms with Crippen LogP contribution in [0.1, 0.15) is 27.7 Å². The van der Waals surface area contributed by atoms with Crippen LogP contribution >= 0.6 is 11.3 Å². The highest BCUT2D eigenvalue weighted by Gasteiger charge is 2.35. The maximum Gasteiger partial charge on any atom is 0.228 e. The molecule has 144 valence electrons.